The first-order valence-electron chi connectivity index (χ1n) is 13.1. The zero-order valence-electron chi connectivity index (χ0n) is 22.4. The third kappa shape index (κ3) is 6.96. The van der Waals surface area contributed by atoms with Crippen LogP contribution in [0, 0.1) is 5.92 Å². The van der Waals surface area contributed by atoms with Crippen LogP contribution in [0.15, 0.2) is 167 Å². The van der Waals surface area contributed by atoms with Gasteiger partial charge in [0.1, 0.15) is 0 Å². The van der Waals surface area contributed by atoms with Gasteiger partial charge in [0.2, 0.25) is 0 Å². The van der Waals surface area contributed by atoms with Crippen molar-refractivity contribution in [2.45, 2.75) is 27.7 Å². The summed E-state index contributed by atoms with van der Waals surface area (Å²) in [6.45, 7) is 8.99. The van der Waals surface area contributed by atoms with Gasteiger partial charge >= 0.3 is 0 Å². The molecule has 0 atom stereocenters. The van der Waals surface area contributed by atoms with Crippen LogP contribution in [-0.2, 0) is 0 Å². The van der Waals surface area contributed by atoms with E-state index < -0.39 is 0 Å². The minimum absolute atomic E-state index is 0.457. The van der Waals surface area contributed by atoms with Gasteiger partial charge in [0, 0.05) is 0 Å². The summed E-state index contributed by atoms with van der Waals surface area (Å²) < 4.78 is 0. The summed E-state index contributed by atoms with van der Waals surface area (Å²) in [6, 6.07) is 20.8. The van der Waals surface area contributed by atoms with Crippen LogP contribution in [0.5, 0.6) is 0 Å². The van der Waals surface area contributed by atoms with Crippen LogP contribution in [-0.4, -0.2) is 0 Å². The number of allylic oxidation sites excluding steroid dienone is 18. The molecule has 2 aromatic rings. The first-order valence-corrected chi connectivity index (χ1v) is 13.1. The first-order chi connectivity index (χ1) is 18.0. The molecule has 0 radical (unpaired) electrons. The van der Waals surface area contributed by atoms with Crippen molar-refractivity contribution < 1.29 is 0 Å². The van der Waals surface area contributed by atoms with E-state index in [-0.39, 0.29) is 0 Å². The Morgan fingerprint density at radius 3 is 1.65 bits per heavy atom. The first kappa shape index (κ1) is 25.9. The third-order valence-electron chi connectivity index (χ3n) is 6.68. The zero-order valence-corrected chi connectivity index (χ0v) is 22.4. The van der Waals surface area contributed by atoms with Gasteiger partial charge in [0.25, 0.3) is 0 Å². The maximum Gasteiger partial charge on any atom is -0.0103 e. The highest BCUT2D eigenvalue weighted by molar-refractivity contribution is 5.70. The van der Waals surface area contributed by atoms with E-state index in [1.807, 2.05) is 12.1 Å². The average molecular weight is 481 g/mol. The van der Waals surface area contributed by atoms with Crippen molar-refractivity contribution in [2.75, 3.05) is 0 Å². The van der Waals surface area contributed by atoms with Gasteiger partial charge in [0.05, 0.1) is 0 Å². The topological polar surface area (TPSA) is 0 Å². The monoisotopic (exact) mass is 480 g/mol. The van der Waals surface area contributed by atoms with Gasteiger partial charge in [-0.15, -0.1) is 0 Å². The molecule has 0 unspecified atom stereocenters. The van der Waals surface area contributed by atoms with Crippen LogP contribution in [0.4, 0.5) is 0 Å². The van der Waals surface area contributed by atoms with Crippen LogP contribution < -0.4 is 0 Å². The van der Waals surface area contributed by atoms with E-state index in [9.17, 15) is 0 Å². The number of hydrogen-bond donors (Lipinski definition) is 0. The molecule has 37 heavy (non-hydrogen) atoms. The van der Waals surface area contributed by atoms with Crippen molar-refractivity contribution in [1.82, 2.24) is 0 Å². The van der Waals surface area contributed by atoms with Crippen molar-refractivity contribution >= 4 is 12.2 Å². The van der Waals surface area contributed by atoms with Gasteiger partial charge in [0.15, 0.2) is 0 Å². The van der Waals surface area contributed by atoms with E-state index in [1.54, 1.807) is 0 Å². The SMILES string of the molecule is CC1=CC=C(C(C)C)C=C2C(/C=C/C=Cc3ccccc3)=CC=C(/C=C/C=C/c3ccccc3)C(C)=C12. The molecule has 0 N–H and O–H groups in total. The minimum Gasteiger partial charge on any atom is -0.0622 e. The molecule has 184 valence electrons. The van der Waals surface area contributed by atoms with Crippen LogP contribution in [0.25, 0.3) is 12.2 Å². The van der Waals surface area contributed by atoms with E-state index in [2.05, 4.69) is 155 Å². The Kier molecular flexibility index (Phi) is 8.89. The molecule has 2 aliphatic carbocycles. The Balaban J connectivity index is 1.70. The van der Waals surface area contributed by atoms with Crippen molar-refractivity contribution in [3.8, 4) is 0 Å². The molecule has 0 heterocycles. The average Bonchev–Trinajstić information content (AvgIpc) is 3.16. The lowest BCUT2D eigenvalue weighted by molar-refractivity contribution is 0.791. The number of rotatable bonds is 7. The molecule has 0 aliphatic heterocycles. The fraction of sp³-hybridized carbons (Fsp3) is 0.135. The van der Waals surface area contributed by atoms with E-state index >= 15 is 0 Å². The van der Waals surface area contributed by atoms with Gasteiger partial charge < -0.3 is 0 Å². The Labute approximate surface area is 223 Å². The molecule has 0 bridgehead atoms. The van der Waals surface area contributed by atoms with E-state index in [0.29, 0.717) is 5.92 Å². The molecule has 0 saturated heterocycles. The smallest absolute Gasteiger partial charge is 0.0103 e. The standard InChI is InChI=1S/C37H36/c1-28(2)35-24-23-29(3)37-30(4)33(21-13-11-19-31-15-7-5-8-16-31)25-26-34(36(37)27-35)22-14-12-20-32-17-9-6-10-18-32/h5-28H,1-4H3/b19-11+,20-12?,21-13+,22-14+. The molecule has 0 spiro atoms. The predicted molar refractivity (Wildman–Crippen MR) is 163 cm³/mol. The normalized spacial score (nSPS) is 16.6. The molecule has 2 aromatic carbocycles. The fourth-order valence-corrected chi connectivity index (χ4v) is 4.53. The summed E-state index contributed by atoms with van der Waals surface area (Å²) >= 11 is 0. The molecule has 4 rings (SSSR count). The highest BCUT2D eigenvalue weighted by Crippen LogP contribution is 2.38. The van der Waals surface area contributed by atoms with Crippen LogP contribution in [0.3, 0.4) is 0 Å². The maximum absolute atomic E-state index is 2.38. The lowest BCUT2D eigenvalue weighted by atomic mass is 9.87. The summed E-state index contributed by atoms with van der Waals surface area (Å²) in [7, 11) is 0. The zero-order chi connectivity index (χ0) is 26.0. The van der Waals surface area contributed by atoms with Crippen LogP contribution in [0.1, 0.15) is 38.8 Å². The van der Waals surface area contributed by atoms with E-state index in [0.717, 1.165) is 0 Å². The second-order valence-corrected chi connectivity index (χ2v) is 9.73. The summed E-state index contributed by atoms with van der Waals surface area (Å²) in [5, 5.41) is 0. The summed E-state index contributed by atoms with van der Waals surface area (Å²) in [4.78, 5) is 0. The summed E-state index contributed by atoms with van der Waals surface area (Å²) in [6.07, 6.45) is 28.7. The molecule has 0 saturated carbocycles. The van der Waals surface area contributed by atoms with Crippen molar-refractivity contribution in [2.24, 2.45) is 5.92 Å². The van der Waals surface area contributed by atoms with Crippen LogP contribution in [0.2, 0.25) is 0 Å². The van der Waals surface area contributed by atoms with Gasteiger partial charge in [-0.2, -0.15) is 0 Å². The van der Waals surface area contributed by atoms with Crippen molar-refractivity contribution in [3.63, 3.8) is 0 Å². The number of hydrogen-bond acceptors (Lipinski definition) is 0. The van der Waals surface area contributed by atoms with Crippen molar-refractivity contribution in [1.29, 1.82) is 0 Å². The number of benzene rings is 2. The largest absolute Gasteiger partial charge is 0.0622 e. The predicted octanol–water partition coefficient (Wildman–Crippen LogP) is 10.2. The molecule has 0 amide bonds. The maximum atomic E-state index is 2.38. The third-order valence-corrected chi connectivity index (χ3v) is 6.68. The second-order valence-electron chi connectivity index (χ2n) is 9.73. The highest BCUT2D eigenvalue weighted by atomic mass is 14.2. The van der Waals surface area contributed by atoms with Crippen molar-refractivity contribution in [3.05, 3.63) is 178 Å². The number of fused-ring (bicyclic) bond motifs is 1. The van der Waals surface area contributed by atoms with Crippen LogP contribution >= 0.6 is 0 Å². The Hall–Kier alpha value is -4.16. The van der Waals surface area contributed by atoms with E-state index in [4.69, 9.17) is 0 Å². The van der Waals surface area contributed by atoms with E-state index in [1.165, 1.54) is 50.1 Å². The van der Waals surface area contributed by atoms with Gasteiger partial charge in [-0.05, 0) is 69.9 Å². The molecule has 0 aromatic heterocycles. The Bertz CT molecular complexity index is 1400. The van der Waals surface area contributed by atoms with Gasteiger partial charge in [-0.1, -0.05) is 153 Å². The lowest BCUT2D eigenvalue weighted by Gasteiger charge is -2.17. The molecular formula is C37H36. The fourth-order valence-electron chi connectivity index (χ4n) is 4.53. The summed E-state index contributed by atoms with van der Waals surface area (Å²) in [5.74, 6) is 0.457. The Morgan fingerprint density at radius 1 is 0.568 bits per heavy atom. The minimum atomic E-state index is 0.457. The molecule has 0 nitrogen and oxygen atoms in total. The molecule has 0 fully saturated rings. The van der Waals surface area contributed by atoms with Gasteiger partial charge in [-0.25, -0.2) is 0 Å². The quantitative estimate of drug-likeness (QED) is 0.346. The second kappa shape index (κ2) is 12.7. The highest BCUT2D eigenvalue weighted by Gasteiger charge is 2.20. The lowest BCUT2D eigenvalue weighted by Crippen LogP contribution is -1.99. The summed E-state index contributed by atoms with van der Waals surface area (Å²) in [5.41, 5.74) is 11.4. The Morgan fingerprint density at radius 2 is 1.08 bits per heavy atom. The molecular weight excluding hydrogens is 444 g/mol. The molecule has 2 aliphatic rings. The molecule has 0 heteroatoms. The van der Waals surface area contributed by atoms with Gasteiger partial charge in [-0.3, -0.25) is 0 Å².